The van der Waals surface area contributed by atoms with Crippen LogP contribution in [0.15, 0.2) is 54.9 Å². The van der Waals surface area contributed by atoms with Gasteiger partial charge in [0, 0.05) is 30.0 Å². The van der Waals surface area contributed by atoms with Crippen LogP contribution in [0.1, 0.15) is 34.3 Å². The number of nitrogens with zero attached hydrogens (tertiary/aromatic N) is 4. The summed E-state index contributed by atoms with van der Waals surface area (Å²) in [4.78, 5) is 28.5. The number of pyridine rings is 1. The van der Waals surface area contributed by atoms with Gasteiger partial charge in [0.25, 0.3) is 5.91 Å². The van der Waals surface area contributed by atoms with Gasteiger partial charge in [-0.05, 0) is 67.8 Å². The number of rotatable bonds is 6. The molecule has 5 rings (SSSR count). The third-order valence-corrected chi connectivity index (χ3v) is 6.41. The van der Waals surface area contributed by atoms with Crippen molar-refractivity contribution < 1.29 is 22.7 Å². The highest BCUT2D eigenvalue weighted by atomic mass is 19.4. The fourth-order valence-corrected chi connectivity index (χ4v) is 4.38. The maximum atomic E-state index is 13.4. The lowest BCUT2D eigenvalue weighted by Crippen LogP contribution is -2.19. The number of benzene rings is 2. The molecule has 0 spiro atoms. The Morgan fingerprint density at radius 3 is 2.55 bits per heavy atom. The minimum atomic E-state index is -4.66. The number of aryl methyl sites for hydroxylation is 1. The standard InChI is InChI=1S/C27H25F3N6O2/c1-16-5-7-18(33-26(37)17-6-9-22(38-2)19(13-17)27(28,29)30)14-21(16)34-25-24-20(31-15-32-25)8-10-23(35-24)36-11-3-4-12-36/h5-10,13-15H,3-4,11-12H2,1-2H3,(H,33,37)(H,31,32,34). The first-order valence-corrected chi connectivity index (χ1v) is 12.0. The van der Waals surface area contributed by atoms with E-state index in [1.54, 1.807) is 18.2 Å². The second-order valence-electron chi connectivity index (χ2n) is 8.98. The van der Waals surface area contributed by atoms with Crippen LogP contribution in [0.4, 0.5) is 36.2 Å². The van der Waals surface area contributed by atoms with E-state index in [9.17, 15) is 18.0 Å². The third kappa shape index (κ3) is 5.17. The molecule has 0 atom stereocenters. The van der Waals surface area contributed by atoms with Crippen molar-refractivity contribution in [1.82, 2.24) is 15.0 Å². The monoisotopic (exact) mass is 522 g/mol. The number of amides is 1. The molecule has 1 amide bonds. The van der Waals surface area contributed by atoms with Crippen molar-refractivity contribution in [2.45, 2.75) is 25.9 Å². The number of anilines is 4. The number of nitrogens with one attached hydrogen (secondary N) is 2. The second-order valence-corrected chi connectivity index (χ2v) is 8.98. The molecule has 4 aromatic rings. The Bertz CT molecular complexity index is 1500. The summed E-state index contributed by atoms with van der Waals surface area (Å²) >= 11 is 0. The van der Waals surface area contributed by atoms with Crippen molar-refractivity contribution in [3.05, 3.63) is 71.5 Å². The van der Waals surface area contributed by atoms with Crippen molar-refractivity contribution in [2.75, 3.05) is 35.7 Å². The lowest BCUT2D eigenvalue weighted by Gasteiger charge is -2.17. The highest BCUT2D eigenvalue weighted by Gasteiger charge is 2.35. The van der Waals surface area contributed by atoms with Gasteiger partial charge in [-0.2, -0.15) is 13.2 Å². The number of carbonyl (C=O) groups excluding carboxylic acids is 1. The van der Waals surface area contributed by atoms with Gasteiger partial charge < -0.3 is 20.3 Å². The van der Waals surface area contributed by atoms with Crippen LogP contribution < -0.4 is 20.3 Å². The summed E-state index contributed by atoms with van der Waals surface area (Å²) in [5.41, 5.74) is 2.06. The normalized spacial score (nSPS) is 13.6. The first-order chi connectivity index (χ1) is 18.2. The number of hydrogen-bond acceptors (Lipinski definition) is 7. The molecule has 8 nitrogen and oxygen atoms in total. The van der Waals surface area contributed by atoms with E-state index in [0.29, 0.717) is 28.2 Å². The molecule has 2 aromatic heterocycles. The van der Waals surface area contributed by atoms with E-state index >= 15 is 0 Å². The number of halogens is 3. The zero-order valence-corrected chi connectivity index (χ0v) is 20.8. The molecular weight excluding hydrogens is 497 g/mol. The van der Waals surface area contributed by atoms with E-state index in [4.69, 9.17) is 9.72 Å². The summed E-state index contributed by atoms with van der Waals surface area (Å²) in [7, 11) is 1.15. The van der Waals surface area contributed by atoms with Crippen molar-refractivity contribution in [3.63, 3.8) is 0 Å². The van der Waals surface area contributed by atoms with Gasteiger partial charge in [-0.1, -0.05) is 6.07 Å². The number of alkyl halides is 3. The van der Waals surface area contributed by atoms with E-state index in [1.165, 1.54) is 12.4 Å². The molecular formula is C27H25F3N6O2. The molecule has 3 heterocycles. The molecule has 2 aromatic carbocycles. The fraction of sp³-hybridized carbons (Fsp3) is 0.259. The van der Waals surface area contributed by atoms with Crippen LogP contribution in [0.3, 0.4) is 0 Å². The van der Waals surface area contributed by atoms with Gasteiger partial charge in [-0.3, -0.25) is 4.79 Å². The van der Waals surface area contributed by atoms with Crippen LogP contribution >= 0.6 is 0 Å². The minimum Gasteiger partial charge on any atom is -0.496 e. The number of ether oxygens (including phenoxy) is 1. The van der Waals surface area contributed by atoms with Crippen molar-refractivity contribution in [3.8, 4) is 5.75 Å². The highest BCUT2D eigenvalue weighted by molar-refractivity contribution is 6.05. The molecule has 196 valence electrons. The topological polar surface area (TPSA) is 92.3 Å². The maximum absolute atomic E-state index is 13.4. The Morgan fingerprint density at radius 2 is 1.82 bits per heavy atom. The molecule has 1 saturated heterocycles. The third-order valence-electron chi connectivity index (χ3n) is 6.41. The average molecular weight is 523 g/mol. The summed E-state index contributed by atoms with van der Waals surface area (Å²) in [6.07, 6.45) is -0.958. The quantitative estimate of drug-likeness (QED) is 0.323. The van der Waals surface area contributed by atoms with Crippen molar-refractivity contribution in [1.29, 1.82) is 0 Å². The Morgan fingerprint density at radius 1 is 1.03 bits per heavy atom. The van der Waals surface area contributed by atoms with Gasteiger partial charge in [-0.25, -0.2) is 15.0 Å². The second kappa shape index (κ2) is 10.2. The molecule has 0 radical (unpaired) electrons. The summed E-state index contributed by atoms with van der Waals surface area (Å²) in [6.45, 7) is 3.79. The van der Waals surface area contributed by atoms with Crippen LogP contribution in [0, 0.1) is 6.92 Å². The molecule has 1 fully saturated rings. The highest BCUT2D eigenvalue weighted by Crippen LogP contribution is 2.37. The first-order valence-electron chi connectivity index (χ1n) is 12.0. The smallest absolute Gasteiger partial charge is 0.419 e. The van der Waals surface area contributed by atoms with Gasteiger partial charge in [0.1, 0.15) is 23.4 Å². The van der Waals surface area contributed by atoms with Crippen LogP contribution in [0.5, 0.6) is 5.75 Å². The Kier molecular flexibility index (Phi) is 6.75. The fourth-order valence-electron chi connectivity index (χ4n) is 4.38. The molecule has 0 bridgehead atoms. The van der Waals surface area contributed by atoms with Gasteiger partial charge in [0.15, 0.2) is 5.82 Å². The Hall–Kier alpha value is -4.41. The first kappa shape index (κ1) is 25.2. The number of aromatic nitrogens is 3. The largest absolute Gasteiger partial charge is 0.496 e. The maximum Gasteiger partial charge on any atom is 0.419 e. The summed E-state index contributed by atoms with van der Waals surface area (Å²) in [5, 5.41) is 5.95. The van der Waals surface area contributed by atoms with Gasteiger partial charge >= 0.3 is 6.18 Å². The van der Waals surface area contributed by atoms with Crippen LogP contribution in [-0.4, -0.2) is 41.1 Å². The van der Waals surface area contributed by atoms with E-state index in [0.717, 1.165) is 56.6 Å². The van der Waals surface area contributed by atoms with E-state index in [2.05, 4.69) is 25.5 Å². The van der Waals surface area contributed by atoms with Crippen molar-refractivity contribution in [2.24, 2.45) is 0 Å². The summed E-state index contributed by atoms with van der Waals surface area (Å²) in [5.74, 6) is 0.336. The zero-order chi connectivity index (χ0) is 26.9. The number of fused-ring (bicyclic) bond motifs is 1. The Balaban J connectivity index is 1.41. The lowest BCUT2D eigenvalue weighted by molar-refractivity contribution is -0.138. The minimum absolute atomic E-state index is 0.145. The SMILES string of the molecule is COc1ccc(C(=O)Nc2ccc(C)c(Nc3ncnc4ccc(N5CCCC5)nc34)c2)cc1C(F)(F)F. The van der Waals surface area contributed by atoms with Crippen LogP contribution in [-0.2, 0) is 6.18 Å². The number of carbonyl (C=O) groups is 1. The number of hydrogen-bond donors (Lipinski definition) is 2. The molecule has 38 heavy (non-hydrogen) atoms. The van der Waals surface area contributed by atoms with E-state index in [1.807, 2.05) is 19.1 Å². The molecule has 1 aliphatic heterocycles. The Labute approximate surface area is 216 Å². The predicted octanol–water partition coefficient (Wildman–Crippen LogP) is 5.96. The molecule has 11 heteroatoms. The van der Waals surface area contributed by atoms with E-state index in [-0.39, 0.29) is 11.3 Å². The number of methoxy groups -OCH3 is 1. The lowest BCUT2D eigenvalue weighted by atomic mass is 10.1. The van der Waals surface area contributed by atoms with E-state index < -0.39 is 17.6 Å². The summed E-state index contributed by atoms with van der Waals surface area (Å²) < 4.78 is 45.0. The summed E-state index contributed by atoms with van der Waals surface area (Å²) in [6, 6.07) is 12.2. The molecule has 0 aliphatic carbocycles. The molecule has 1 aliphatic rings. The van der Waals surface area contributed by atoms with Crippen LogP contribution in [0.25, 0.3) is 11.0 Å². The van der Waals surface area contributed by atoms with Crippen molar-refractivity contribution >= 4 is 40.0 Å². The average Bonchev–Trinajstić information content (AvgIpc) is 3.45. The predicted molar refractivity (Wildman–Crippen MR) is 139 cm³/mol. The van der Waals surface area contributed by atoms with Gasteiger partial charge in [-0.15, -0.1) is 0 Å². The van der Waals surface area contributed by atoms with Gasteiger partial charge in [0.2, 0.25) is 0 Å². The zero-order valence-electron chi connectivity index (χ0n) is 20.8. The molecule has 2 N–H and O–H groups in total. The molecule has 0 saturated carbocycles. The molecule has 0 unspecified atom stereocenters. The van der Waals surface area contributed by atoms with Gasteiger partial charge in [0.05, 0.1) is 18.2 Å². The van der Waals surface area contributed by atoms with Crippen LogP contribution in [0.2, 0.25) is 0 Å².